The van der Waals surface area contributed by atoms with Gasteiger partial charge in [0.25, 0.3) is 0 Å². The summed E-state index contributed by atoms with van der Waals surface area (Å²) in [4.78, 5) is 19.0. The second-order valence-electron chi connectivity index (χ2n) is 4.36. The van der Waals surface area contributed by atoms with Crippen molar-refractivity contribution in [2.24, 2.45) is 0 Å². The molecule has 0 fully saturated rings. The van der Waals surface area contributed by atoms with E-state index in [9.17, 15) is 4.79 Å². The Morgan fingerprint density at radius 3 is 3.10 bits per heavy atom. The molecule has 7 heteroatoms. The fraction of sp³-hybridized carbons (Fsp3) is 0.214. The largest absolute Gasteiger partial charge is 0.497 e. The van der Waals surface area contributed by atoms with Crippen molar-refractivity contribution in [2.75, 3.05) is 12.9 Å². The summed E-state index contributed by atoms with van der Waals surface area (Å²) in [5, 5.41) is 4.10. The maximum atomic E-state index is 12.4. The number of nitrogens with zero attached hydrogens (tertiary/aromatic N) is 3. The maximum Gasteiger partial charge on any atom is 0.212 e. The molecule has 0 aliphatic heterocycles. The highest BCUT2D eigenvalue weighted by atomic mass is 32.2. The first kappa shape index (κ1) is 14.1. The van der Waals surface area contributed by atoms with Gasteiger partial charge in [0.1, 0.15) is 12.1 Å². The van der Waals surface area contributed by atoms with Crippen LogP contribution in [0.2, 0.25) is 0 Å². The van der Waals surface area contributed by atoms with Crippen molar-refractivity contribution in [1.29, 1.82) is 0 Å². The monoisotopic (exact) mass is 319 g/mol. The molecule has 0 saturated heterocycles. The zero-order valence-corrected chi connectivity index (χ0v) is 13.2. The van der Waals surface area contributed by atoms with Crippen molar-refractivity contribution in [3.05, 3.63) is 41.2 Å². The number of hydrogen-bond acceptors (Lipinski definition) is 6. The fourth-order valence-corrected chi connectivity index (χ4v) is 3.84. The Morgan fingerprint density at radius 2 is 2.33 bits per heavy atom. The number of thiazole rings is 1. The lowest BCUT2D eigenvalue weighted by atomic mass is 10.3. The van der Waals surface area contributed by atoms with E-state index in [-0.39, 0.29) is 5.78 Å². The first-order valence-electron chi connectivity index (χ1n) is 6.28. The minimum absolute atomic E-state index is 0.0950. The quantitative estimate of drug-likeness (QED) is 0.534. The molecule has 0 radical (unpaired) electrons. The molecule has 3 rings (SSSR count). The van der Waals surface area contributed by atoms with Crippen LogP contribution in [0.25, 0.3) is 4.96 Å². The summed E-state index contributed by atoms with van der Waals surface area (Å²) in [6.45, 7) is 1.89. The number of aryl methyl sites for hydroxylation is 1. The summed E-state index contributed by atoms with van der Waals surface area (Å²) in [7, 11) is 1.63. The second-order valence-corrected chi connectivity index (χ2v) is 6.39. The van der Waals surface area contributed by atoms with E-state index in [0.717, 1.165) is 26.2 Å². The number of fused-ring (bicyclic) bond motifs is 1. The molecular formula is C14H13N3O2S2. The molecule has 0 aliphatic carbocycles. The van der Waals surface area contributed by atoms with Gasteiger partial charge in [-0.15, -0.1) is 11.8 Å². The Hall–Kier alpha value is -1.86. The molecule has 0 unspecified atom stereocenters. The Kier molecular flexibility index (Phi) is 3.94. The number of ketones is 1. The minimum Gasteiger partial charge on any atom is -0.497 e. The molecule has 2 heterocycles. The van der Waals surface area contributed by atoms with Crippen LogP contribution in [0.15, 0.2) is 35.5 Å². The third-order valence-corrected chi connectivity index (χ3v) is 5.20. The van der Waals surface area contributed by atoms with Gasteiger partial charge in [-0.05, 0) is 25.1 Å². The third kappa shape index (κ3) is 2.79. The lowest BCUT2D eigenvalue weighted by Gasteiger charge is -2.03. The average molecular weight is 319 g/mol. The molecule has 108 valence electrons. The van der Waals surface area contributed by atoms with Gasteiger partial charge in [-0.2, -0.15) is 5.10 Å². The molecule has 2 aromatic heterocycles. The zero-order chi connectivity index (χ0) is 14.8. The molecule has 0 amide bonds. The van der Waals surface area contributed by atoms with Gasteiger partial charge in [0.15, 0.2) is 5.78 Å². The van der Waals surface area contributed by atoms with Crippen LogP contribution in [0.3, 0.4) is 0 Å². The fourth-order valence-electron chi connectivity index (χ4n) is 1.96. The first-order chi connectivity index (χ1) is 10.2. The molecular weight excluding hydrogens is 306 g/mol. The number of aromatic nitrogens is 3. The van der Waals surface area contributed by atoms with Crippen LogP contribution in [-0.4, -0.2) is 33.2 Å². The zero-order valence-electron chi connectivity index (χ0n) is 11.6. The van der Waals surface area contributed by atoms with E-state index in [1.807, 2.05) is 31.2 Å². The molecule has 0 N–H and O–H groups in total. The Bertz CT molecular complexity index is 794. The van der Waals surface area contributed by atoms with Crippen molar-refractivity contribution in [1.82, 2.24) is 14.6 Å². The van der Waals surface area contributed by atoms with Crippen molar-refractivity contribution >= 4 is 33.8 Å². The number of rotatable bonds is 5. The SMILES string of the molecule is COc1cccc(SCC(=O)c2sc3ncnn3c2C)c1. The predicted octanol–water partition coefficient (Wildman–Crippen LogP) is 3.08. The number of Topliss-reactive ketones (excluding diaryl/α,β-unsaturated/α-hetero) is 1. The van der Waals surface area contributed by atoms with Gasteiger partial charge in [-0.3, -0.25) is 4.79 Å². The smallest absolute Gasteiger partial charge is 0.212 e. The van der Waals surface area contributed by atoms with Gasteiger partial charge in [-0.1, -0.05) is 17.4 Å². The molecule has 0 aliphatic rings. The number of carbonyl (C=O) groups excluding carboxylic acids is 1. The standard InChI is InChI=1S/C14H13N3O2S2/c1-9-13(21-14-15-8-16-17(9)14)12(18)7-20-11-5-3-4-10(6-11)19-2/h3-6,8H,7H2,1-2H3. The highest BCUT2D eigenvalue weighted by molar-refractivity contribution is 8.00. The minimum atomic E-state index is 0.0950. The van der Waals surface area contributed by atoms with Crippen LogP contribution in [0, 0.1) is 6.92 Å². The van der Waals surface area contributed by atoms with E-state index in [1.54, 1.807) is 11.6 Å². The van der Waals surface area contributed by atoms with Crippen LogP contribution in [-0.2, 0) is 0 Å². The topological polar surface area (TPSA) is 56.5 Å². The summed E-state index contributed by atoms with van der Waals surface area (Å²) in [5.41, 5.74) is 0.851. The number of carbonyl (C=O) groups is 1. The Morgan fingerprint density at radius 1 is 1.48 bits per heavy atom. The summed E-state index contributed by atoms with van der Waals surface area (Å²) >= 11 is 2.88. The molecule has 0 spiro atoms. The van der Waals surface area contributed by atoms with Crippen molar-refractivity contribution in [3.63, 3.8) is 0 Å². The van der Waals surface area contributed by atoms with Crippen LogP contribution in [0.5, 0.6) is 5.75 Å². The molecule has 1 aromatic carbocycles. The normalized spacial score (nSPS) is 11.0. The lowest BCUT2D eigenvalue weighted by molar-refractivity contribution is 0.102. The molecule has 0 bridgehead atoms. The van der Waals surface area contributed by atoms with E-state index >= 15 is 0 Å². The summed E-state index contributed by atoms with van der Waals surface area (Å²) in [6, 6.07) is 7.69. The van der Waals surface area contributed by atoms with Crippen molar-refractivity contribution in [2.45, 2.75) is 11.8 Å². The van der Waals surface area contributed by atoms with Crippen LogP contribution >= 0.6 is 23.1 Å². The van der Waals surface area contributed by atoms with Gasteiger partial charge in [0.2, 0.25) is 4.96 Å². The number of ether oxygens (including phenoxy) is 1. The summed E-state index contributed by atoms with van der Waals surface area (Å²) in [6.07, 6.45) is 1.50. The third-order valence-electron chi connectivity index (χ3n) is 3.02. The molecule has 0 atom stereocenters. The number of methoxy groups -OCH3 is 1. The molecule has 21 heavy (non-hydrogen) atoms. The average Bonchev–Trinajstić information content (AvgIpc) is 3.08. The van der Waals surface area contributed by atoms with Crippen LogP contribution < -0.4 is 4.74 Å². The summed E-state index contributed by atoms with van der Waals surface area (Å²) in [5.74, 6) is 1.28. The first-order valence-corrected chi connectivity index (χ1v) is 8.08. The second kappa shape index (κ2) is 5.87. The lowest BCUT2D eigenvalue weighted by Crippen LogP contribution is -2.03. The molecule has 0 saturated carbocycles. The van der Waals surface area contributed by atoms with Crippen molar-refractivity contribution in [3.8, 4) is 5.75 Å². The number of thioether (sulfide) groups is 1. The van der Waals surface area contributed by atoms with Crippen LogP contribution in [0.1, 0.15) is 15.4 Å². The van der Waals surface area contributed by atoms with Crippen LogP contribution in [0.4, 0.5) is 0 Å². The van der Waals surface area contributed by atoms with Crippen molar-refractivity contribution < 1.29 is 9.53 Å². The summed E-state index contributed by atoms with van der Waals surface area (Å²) < 4.78 is 6.88. The molecule has 3 aromatic rings. The highest BCUT2D eigenvalue weighted by Crippen LogP contribution is 2.26. The highest BCUT2D eigenvalue weighted by Gasteiger charge is 2.17. The van der Waals surface area contributed by atoms with Gasteiger partial charge in [0, 0.05) is 4.90 Å². The number of hydrogen-bond donors (Lipinski definition) is 0. The Balaban J connectivity index is 1.74. The van der Waals surface area contributed by atoms with Gasteiger partial charge in [0.05, 0.1) is 23.4 Å². The van der Waals surface area contributed by atoms with E-state index in [0.29, 0.717) is 5.75 Å². The maximum absolute atomic E-state index is 12.4. The van der Waals surface area contributed by atoms with Gasteiger partial charge in [-0.25, -0.2) is 9.50 Å². The van der Waals surface area contributed by atoms with E-state index < -0.39 is 0 Å². The molecule has 5 nitrogen and oxygen atoms in total. The van der Waals surface area contributed by atoms with E-state index in [2.05, 4.69) is 10.1 Å². The van der Waals surface area contributed by atoms with E-state index in [1.165, 1.54) is 29.4 Å². The Labute approximate surface area is 130 Å². The van der Waals surface area contributed by atoms with E-state index in [4.69, 9.17) is 4.74 Å². The predicted molar refractivity (Wildman–Crippen MR) is 83.6 cm³/mol. The van der Waals surface area contributed by atoms with Gasteiger partial charge >= 0.3 is 0 Å². The van der Waals surface area contributed by atoms with Gasteiger partial charge < -0.3 is 4.74 Å². The number of benzene rings is 1.